The van der Waals surface area contributed by atoms with E-state index in [4.69, 9.17) is 9.47 Å². The normalized spacial score (nSPS) is 13.3. The number of methoxy groups -OCH3 is 1. The summed E-state index contributed by atoms with van der Waals surface area (Å²) in [5.41, 5.74) is 2.27. The molecule has 0 atom stereocenters. The molecular weight excluding hydrogens is 282 g/mol. The fraction of sp³-hybridized carbons (Fsp3) is 0.312. The van der Waals surface area contributed by atoms with Crippen molar-refractivity contribution in [1.29, 1.82) is 0 Å². The predicted octanol–water partition coefficient (Wildman–Crippen LogP) is 2.36. The summed E-state index contributed by atoms with van der Waals surface area (Å²) in [6.07, 6.45) is 4.54. The maximum Gasteiger partial charge on any atom is 0.341 e. The van der Waals surface area contributed by atoms with Gasteiger partial charge in [0.15, 0.2) is 5.75 Å². The SMILES string of the molecule is CCc1cnc(N2CCOc3c(C(=O)OC)cccc32)nc1. The van der Waals surface area contributed by atoms with E-state index in [-0.39, 0.29) is 0 Å². The fourth-order valence-electron chi connectivity index (χ4n) is 2.40. The highest BCUT2D eigenvalue weighted by molar-refractivity contribution is 5.95. The number of para-hydroxylation sites is 1. The lowest BCUT2D eigenvalue weighted by molar-refractivity contribution is 0.0596. The molecule has 3 rings (SSSR count). The van der Waals surface area contributed by atoms with Crippen LogP contribution in [0.4, 0.5) is 11.6 Å². The summed E-state index contributed by atoms with van der Waals surface area (Å²) in [4.78, 5) is 22.6. The van der Waals surface area contributed by atoms with Gasteiger partial charge in [-0.3, -0.25) is 0 Å². The van der Waals surface area contributed by atoms with Crippen LogP contribution in [0.25, 0.3) is 0 Å². The number of carbonyl (C=O) groups is 1. The second-order valence-electron chi connectivity index (χ2n) is 4.89. The molecule has 0 saturated heterocycles. The Kier molecular flexibility index (Phi) is 3.91. The summed E-state index contributed by atoms with van der Waals surface area (Å²) in [6, 6.07) is 5.38. The molecule has 0 N–H and O–H groups in total. The molecule has 1 aliphatic rings. The Labute approximate surface area is 128 Å². The van der Waals surface area contributed by atoms with Gasteiger partial charge in [-0.2, -0.15) is 0 Å². The second-order valence-corrected chi connectivity index (χ2v) is 4.89. The average molecular weight is 299 g/mol. The van der Waals surface area contributed by atoms with Crippen molar-refractivity contribution in [2.75, 3.05) is 25.2 Å². The quantitative estimate of drug-likeness (QED) is 0.811. The number of hydrogen-bond donors (Lipinski definition) is 0. The molecule has 6 heteroatoms. The first-order valence-electron chi connectivity index (χ1n) is 7.17. The van der Waals surface area contributed by atoms with Crippen molar-refractivity contribution in [2.45, 2.75) is 13.3 Å². The maximum absolute atomic E-state index is 11.9. The first-order valence-corrected chi connectivity index (χ1v) is 7.17. The van der Waals surface area contributed by atoms with Gasteiger partial charge in [-0.25, -0.2) is 14.8 Å². The highest BCUT2D eigenvalue weighted by atomic mass is 16.5. The molecule has 0 fully saturated rings. The lowest BCUT2D eigenvalue weighted by Gasteiger charge is -2.30. The minimum absolute atomic E-state index is 0.412. The van der Waals surface area contributed by atoms with Gasteiger partial charge < -0.3 is 14.4 Å². The Morgan fingerprint density at radius 1 is 1.36 bits per heavy atom. The summed E-state index contributed by atoms with van der Waals surface area (Å²) in [7, 11) is 1.36. The number of fused-ring (bicyclic) bond motifs is 1. The van der Waals surface area contributed by atoms with Crippen molar-refractivity contribution in [1.82, 2.24) is 9.97 Å². The molecule has 0 bridgehead atoms. The molecular formula is C16H17N3O3. The average Bonchev–Trinajstić information content (AvgIpc) is 2.60. The van der Waals surface area contributed by atoms with E-state index in [1.165, 1.54) is 7.11 Å². The van der Waals surface area contributed by atoms with Crippen molar-refractivity contribution in [2.24, 2.45) is 0 Å². The molecule has 0 radical (unpaired) electrons. The first kappa shape index (κ1) is 14.3. The van der Waals surface area contributed by atoms with Crippen LogP contribution in [0.2, 0.25) is 0 Å². The molecule has 22 heavy (non-hydrogen) atoms. The fourth-order valence-corrected chi connectivity index (χ4v) is 2.40. The van der Waals surface area contributed by atoms with Gasteiger partial charge in [0.05, 0.1) is 19.3 Å². The number of carbonyl (C=O) groups excluding carboxylic acids is 1. The third kappa shape index (κ3) is 2.47. The number of ether oxygens (including phenoxy) is 2. The summed E-state index contributed by atoms with van der Waals surface area (Å²) >= 11 is 0. The Balaban J connectivity index is 2.02. The Morgan fingerprint density at radius 2 is 2.14 bits per heavy atom. The van der Waals surface area contributed by atoms with Crippen LogP contribution in [-0.2, 0) is 11.2 Å². The molecule has 0 saturated carbocycles. The van der Waals surface area contributed by atoms with E-state index in [2.05, 4.69) is 16.9 Å². The monoisotopic (exact) mass is 299 g/mol. The first-order chi connectivity index (χ1) is 10.7. The van der Waals surface area contributed by atoms with E-state index in [9.17, 15) is 4.79 Å². The molecule has 0 aliphatic carbocycles. The van der Waals surface area contributed by atoms with Crippen LogP contribution in [0.15, 0.2) is 30.6 Å². The summed E-state index contributed by atoms with van der Waals surface area (Å²) in [5, 5.41) is 0. The molecule has 2 heterocycles. The van der Waals surface area contributed by atoms with Crippen LogP contribution in [0.3, 0.4) is 0 Å². The minimum Gasteiger partial charge on any atom is -0.489 e. The van der Waals surface area contributed by atoms with Crippen LogP contribution in [-0.4, -0.2) is 36.2 Å². The molecule has 0 amide bonds. The lowest BCUT2D eigenvalue weighted by atomic mass is 10.1. The Hall–Kier alpha value is -2.63. The van der Waals surface area contributed by atoms with Crippen LogP contribution in [0.1, 0.15) is 22.8 Å². The molecule has 1 aromatic carbocycles. The standard InChI is InChI=1S/C16H17N3O3/c1-3-11-9-17-16(18-10-11)19-7-8-22-14-12(15(20)21-2)5-4-6-13(14)19/h4-6,9-10H,3,7-8H2,1-2H3. The van der Waals surface area contributed by atoms with Crippen molar-refractivity contribution in [3.63, 3.8) is 0 Å². The Bertz CT molecular complexity index is 686. The van der Waals surface area contributed by atoms with E-state index >= 15 is 0 Å². The topological polar surface area (TPSA) is 64.6 Å². The van der Waals surface area contributed by atoms with Gasteiger partial charge in [0.2, 0.25) is 5.95 Å². The zero-order valence-electron chi connectivity index (χ0n) is 12.6. The number of benzene rings is 1. The van der Waals surface area contributed by atoms with Gasteiger partial charge in [0.1, 0.15) is 12.2 Å². The largest absolute Gasteiger partial charge is 0.489 e. The van der Waals surface area contributed by atoms with Crippen molar-refractivity contribution in [3.8, 4) is 5.75 Å². The number of nitrogens with zero attached hydrogens (tertiary/aromatic N) is 3. The Morgan fingerprint density at radius 3 is 2.82 bits per heavy atom. The number of aromatic nitrogens is 2. The highest BCUT2D eigenvalue weighted by Crippen LogP contribution is 2.38. The second kappa shape index (κ2) is 6.01. The van der Waals surface area contributed by atoms with Crippen LogP contribution in [0.5, 0.6) is 5.75 Å². The van der Waals surface area contributed by atoms with Gasteiger partial charge in [0, 0.05) is 12.4 Å². The summed E-state index contributed by atoms with van der Waals surface area (Å²) < 4.78 is 10.5. The van der Waals surface area contributed by atoms with E-state index in [0.29, 0.717) is 30.4 Å². The van der Waals surface area contributed by atoms with Gasteiger partial charge in [0.25, 0.3) is 0 Å². The van der Waals surface area contributed by atoms with Gasteiger partial charge in [-0.05, 0) is 24.1 Å². The van der Waals surface area contributed by atoms with Gasteiger partial charge in [-0.15, -0.1) is 0 Å². The van der Waals surface area contributed by atoms with Gasteiger partial charge in [-0.1, -0.05) is 13.0 Å². The molecule has 1 aromatic heterocycles. The lowest BCUT2D eigenvalue weighted by Crippen LogP contribution is -2.30. The minimum atomic E-state index is -0.416. The third-order valence-corrected chi connectivity index (χ3v) is 3.59. The van der Waals surface area contributed by atoms with Crippen LogP contribution < -0.4 is 9.64 Å². The van der Waals surface area contributed by atoms with Crippen molar-refractivity contribution in [3.05, 3.63) is 41.7 Å². The van der Waals surface area contributed by atoms with E-state index in [1.807, 2.05) is 23.4 Å². The summed E-state index contributed by atoms with van der Waals surface area (Å²) in [5.74, 6) is 0.702. The zero-order chi connectivity index (χ0) is 15.5. The molecule has 2 aromatic rings. The molecule has 0 unspecified atom stereocenters. The zero-order valence-corrected chi connectivity index (χ0v) is 12.6. The molecule has 0 spiro atoms. The van der Waals surface area contributed by atoms with E-state index in [0.717, 1.165) is 17.7 Å². The van der Waals surface area contributed by atoms with Gasteiger partial charge >= 0.3 is 5.97 Å². The third-order valence-electron chi connectivity index (χ3n) is 3.59. The van der Waals surface area contributed by atoms with Crippen LogP contribution >= 0.6 is 0 Å². The van der Waals surface area contributed by atoms with E-state index in [1.54, 1.807) is 12.1 Å². The van der Waals surface area contributed by atoms with Crippen molar-refractivity contribution >= 4 is 17.6 Å². The molecule has 114 valence electrons. The highest BCUT2D eigenvalue weighted by Gasteiger charge is 2.26. The molecule has 1 aliphatic heterocycles. The van der Waals surface area contributed by atoms with Crippen LogP contribution in [0, 0.1) is 0 Å². The summed E-state index contributed by atoms with van der Waals surface area (Å²) in [6.45, 7) is 3.15. The van der Waals surface area contributed by atoms with Crippen molar-refractivity contribution < 1.29 is 14.3 Å². The maximum atomic E-state index is 11.9. The number of aryl methyl sites for hydroxylation is 1. The number of hydrogen-bond acceptors (Lipinski definition) is 6. The number of rotatable bonds is 3. The predicted molar refractivity (Wildman–Crippen MR) is 81.7 cm³/mol. The number of anilines is 2. The smallest absolute Gasteiger partial charge is 0.341 e. The molecule has 6 nitrogen and oxygen atoms in total. The number of esters is 1. The van der Waals surface area contributed by atoms with E-state index < -0.39 is 5.97 Å².